The largest absolute Gasteiger partial charge is 0.325 e. The summed E-state index contributed by atoms with van der Waals surface area (Å²) in [5.74, 6) is -1.31. The second-order valence-corrected chi connectivity index (χ2v) is 7.47. The highest BCUT2D eigenvalue weighted by molar-refractivity contribution is 6.31. The third-order valence-electron chi connectivity index (χ3n) is 4.71. The number of nitrogens with one attached hydrogen (secondary N) is 1. The number of anilines is 2. The molecule has 0 radical (unpaired) electrons. The molecule has 136 valence electrons. The molecule has 0 fully saturated rings. The van der Waals surface area contributed by atoms with Gasteiger partial charge in [0.15, 0.2) is 0 Å². The number of carbonyl (C=O) groups excluding carboxylic acids is 2. The van der Waals surface area contributed by atoms with Gasteiger partial charge in [0.2, 0.25) is 11.8 Å². The lowest BCUT2D eigenvalue weighted by Crippen LogP contribution is -2.49. The summed E-state index contributed by atoms with van der Waals surface area (Å²) in [6.07, 6.45) is 0.757. The number of amides is 2. The van der Waals surface area contributed by atoms with Crippen LogP contribution in [0.3, 0.4) is 0 Å². The molecule has 0 aromatic heterocycles. The van der Waals surface area contributed by atoms with Crippen molar-refractivity contribution in [2.75, 3.05) is 10.2 Å². The first-order valence-corrected chi connectivity index (χ1v) is 8.77. The van der Waals surface area contributed by atoms with E-state index in [1.165, 1.54) is 18.2 Å². The van der Waals surface area contributed by atoms with E-state index in [4.69, 9.17) is 11.6 Å². The molecule has 0 spiro atoms. The second-order valence-electron chi connectivity index (χ2n) is 7.07. The predicted molar refractivity (Wildman–Crippen MR) is 101 cm³/mol. The first-order valence-electron chi connectivity index (χ1n) is 8.40. The summed E-state index contributed by atoms with van der Waals surface area (Å²) in [4.78, 5) is 27.6. The maximum Gasteiger partial charge on any atom is 0.242 e. The monoisotopic (exact) mass is 374 g/mol. The molecule has 2 aromatic rings. The Labute approximate surface area is 157 Å². The molecule has 0 saturated carbocycles. The zero-order chi connectivity index (χ0) is 19.1. The third-order valence-corrected chi connectivity index (χ3v) is 5.00. The van der Waals surface area contributed by atoms with Crippen molar-refractivity contribution in [3.63, 3.8) is 0 Å². The fourth-order valence-electron chi connectivity index (χ4n) is 3.13. The number of rotatable bonds is 3. The van der Waals surface area contributed by atoms with Crippen molar-refractivity contribution < 1.29 is 14.0 Å². The summed E-state index contributed by atoms with van der Waals surface area (Å²) < 4.78 is 13.3. The Kier molecular flexibility index (Phi) is 4.76. The molecule has 26 heavy (non-hydrogen) atoms. The number of hydrogen-bond acceptors (Lipinski definition) is 2. The quantitative estimate of drug-likeness (QED) is 0.808. The van der Waals surface area contributed by atoms with Gasteiger partial charge in [-0.2, -0.15) is 0 Å². The fourth-order valence-corrected chi connectivity index (χ4v) is 3.32. The molecule has 2 aromatic carbocycles. The zero-order valence-corrected chi connectivity index (χ0v) is 15.6. The van der Waals surface area contributed by atoms with Gasteiger partial charge in [-0.3, -0.25) is 9.59 Å². The standard InChI is InChI=1S/C20H20ClFN2O2/c1-12-10-13-6-4-5-7-17(13)24(12)19(26)20(2,3)18(25)23-14-8-9-16(22)15(21)11-14/h4-9,11-12H,10H2,1-3H3,(H,23,25). The average molecular weight is 375 g/mol. The second kappa shape index (κ2) is 6.72. The molecule has 1 heterocycles. The molecule has 1 unspecified atom stereocenters. The Bertz CT molecular complexity index is 882. The summed E-state index contributed by atoms with van der Waals surface area (Å²) in [6, 6.07) is 11.6. The molecule has 0 saturated heterocycles. The molecule has 0 bridgehead atoms. The minimum absolute atomic E-state index is 0.0211. The van der Waals surface area contributed by atoms with Gasteiger partial charge in [0.25, 0.3) is 0 Å². The van der Waals surface area contributed by atoms with Gasteiger partial charge >= 0.3 is 0 Å². The van der Waals surface area contributed by atoms with Crippen molar-refractivity contribution >= 4 is 34.8 Å². The van der Waals surface area contributed by atoms with Crippen molar-refractivity contribution in [1.29, 1.82) is 0 Å². The van der Waals surface area contributed by atoms with E-state index >= 15 is 0 Å². The van der Waals surface area contributed by atoms with Crippen molar-refractivity contribution in [3.8, 4) is 0 Å². The van der Waals surface area contributed by atoms with E-state index in [1.54, 1.807) is 18.7 Å². The van der Waals surface area contributed by atoms with Crippen LogP contribution in [0.2, 0.25) is 5.02 Å². The van der Waals surface area contributed by atoms with Crippen LogP contribution in [-0.4, -0.2) is 17.9 Å². The summed E-state index contributed by atoms with van der Waals surface area (Å²) in [5.41, 5.74) is 0.981. The average Bonchev–Trinajstić information content (AvgIpc) is 2.93. The maximum atomic E-state index is 13.3. The van der Waals surface area contributed by atoms with Gasteiger partial charge in [-0.05, 0) is 57.0 Å². The molecule has 4 nitrogen and oxygen atoms in total. The first kappa shape index (κ1) is 18.4. The van der Waals surface area contributed by atoms with E-state index in [2.05, 4.69) is 5.32 Å². The van der Waals surface area contributed by atoms with E-state index in [1.807, 2.05) is 31.2 Å². The summed E-state index contributed by atoms with van der Waals surface area (Å²) in [5, 5.41) is 2.57. The fraction of sp³-hybridized carbons (Fsp3) is 0.300. The predicted octanol–water partition coefficient (Wildman–Crippen LogP) is 4.42. The Balaban J connectivity index is 1.83. The molecule has 6 heteroatoms. The Morgan fingerprint density at radius 3 is 2.62 bits per heavy atom. The lowest BCUT2D eigenvalue weighted by molar-refractivity contribution is -0.136. The van der Waals surface area contributed by atoms with Crippen LogP contribution in [0.1, 0.15) is 26.3 Å². The molecule has 1 aliphatic heterocycles. The van der Waals surface area contributed by atoms with Gasteiger partial charge in [-0.1, -0.05) is 29.8 Å². The number of benzene rings is 2. The van der Waals surface area contributed by atoms with Gasteiger partial charge in [0.05, 0.1) is 5.02 Å². The highest BCUT2D eigenvalue weighted by atomic mass is 35.5. The number of nitrogens with zero attached hydrogens (tertiary/aromatic N) is 1. The molecule has 2 amide bonds. The molecule has 3 rings (SSSR count). The van der Waals surface area contributed by atoms with E-state index in [9.17, 15) is 14.0 Å². The molecule has 1 N–H and O–H groups in total. The third kappa shape index (κ3) is 3.19. The zero-order valence-electron chi connectivity index (χ0n) is 14.8. The molecular formula is C20H20ClFN2O2. The Morgan fingerprint density at radius 2 is 1.92 bits per heavy atom. The smallest absolute Gasteiger partial charge is 0.242 e. The van der Waals surface area contributed by atoms with Crippen LogP contribution in [0.5, 0.6) is 0 Å². The van der Waals surface area contributed by atoms with Gasteiger partial charge in [0.1, 0.15) is 11.2 Å². The van der Waals surface area contributed by atoms with Gasteiger partial charge in [-0.25, -0.2) is 4.39 Å². The number of hydrogen-bond donors (Lipinski definition) is 1. The maximum absolute atomic E-state index is 13.3. The Morgan fingerprint density at radius 1 is 1.23 bits per heavy atom. The number of carbonyl (C=O) groups is 2. The molecular weight excluding hydrogens is 355 g/mol. The van der Waals surface area contributed by atoms with Crippen LogP contribution >= 0.6 is 11.6 Å². The first-order chi connectivity index (χ1) is 12.2. The number of para-hydroxylation sites is 1. The summed E-state index contributed by atoms with van der Waals surface area (Å²) in [6.45, 7) is 5.14. The van der Waals surface area contributed by atoms with Crippen LogP contribution in [-0.2, 0) is 16.0 Å². The summed E-state index contributed by atoms with van der Waals surface area (Å²) >= 11 is 5.75. The molecule has 0 aliphatic carbocycles. The van der Waals surface area contributed by atoms with Crippen molar-refractivity contribution in [1.82, 2.24) is 0 Å². The minimum atomic E-state index is -1.30. The number of fused-ring (bicyclic) bond motifs is 1. The number of halogens is 2. The van der Waals surface area contributed by atoms with Crippen molar-refractivity contribution in [3.05, 3.63) is 58.9 Å². The van der Waals surface area contributed by atoms with Crippen LogP contribution in [0.4, 0.5) is 15.8 Å². The molecule has 1 atom stereocenters. The van der Waals surface area contributed by atoms with E-state index in [0.717, 1.165) is 17.7 Å². The van der Waals surface area contributed by atoms with Gasteiger partial charge < -0.3 is 10.2 Å². The highest BCUT2D eigenvalue weighted by Crippen LogP contribution is 2.36. The van der Waals surface area contributed by atoms with E-state index in [-0.39, 0.29) is 17.0 Å². The Hall–Kier alpha value is -2.40. The van der Waals surface area contributed by atoms with E-state index < -0.39 is 17.1 Å². The molecule has 1 aliphatic rings. The lowest BCUT2D eigenvalue weighted by atomic mass is 9.89. The van der Waals surface area contributed by atoms with Crippen LogP contribution in [0.15, 0.2) is 42.5 Å². The lowest BCUT2D eigenvalue weighted by Gasteiger charge is -2.31. The summed E-state index contributed by atoms with van der Waals surface area (Å²) in [7, 11) is 0. The van der Waals surface area contributed by atoms with Crippen LogP contribution in [0.25, 0.3) is 0 Å². The highest BCUT2D eigenvalue weighted by Gasteiger charge is 2.43. The van der Waals surface area contributed by atoms with E-state index in [0.29, 0.717) is 5.69 Å². The van der Waals surface area contributed by atoms with Crippen LogP contribution in [0, 0.1) is 11.2 Å². The van der Waals surface area contributed by atoms with Crippen molar-refractivity contribution in [2.45, 2.75) is 33.2 Å². The van der Waals surface area contributed by atoms with Gasteiger partial charge in [-0.15, -0.1) is 0 Å². The van der Waals surface area contributed by atoms with Crippen LogP contribution < -0.4 is 10.2 Å². The van der Waals surface area contributed by atoms with Crippen molar-refractivity contribution in [2.24, 2.45) is 5.41 Å². The minimum Gasteiger partial charge on any atom is -0.325 e. The SMILES string of the molecule is CC1Cc2ccccc2N1C(=O)C(C)(C)C(=O)Nc1ccc(F)c(Cl)c1. The normalized spacial score (nSPS) is 16.3. The topological polar surface area (TPSA) is 49.4 Å². The van der Waals surface area contributed by atoms with Gasteiger partial charge in [0, 0.05) is 17.4 Å².